The van der Waals surface area contributed by atoms with Gasteiger partial charge in [0, 0.05) is 17.5 Å². The minimum atomic E-state index is -4.22. The molecule has 9 nitrogen and oxygen atoms in total. The first-order chi connectivity index (χ1) is 20.5. The molecule has 2 atom stereocenters. The molecule has 0 heterocycles. The van der Waals surface area contributed by atoms with E-state index in [9.17, 15) is 18.0 Å². The number of benzene rings is 3. The molecule has 3 aromatic rings. The summed E-state index contributed by atoms with van der Waals surface area (Å²) >= 11 is 1.50. The number of sulfonamides is 1. The van der Waals surface area contributed by atoms with E-state index in [-0.39, 0.29) is 29.1 Å². The van der Waals surface area contributed by atoms with Gasteiger partial charge in [0.25, 0.3) is 10.0 Å². The van der Waals surface area contributed by atoms with E-state index in [4.69, 9.17) is 9.47 Å². The van der Waals surface area contributed by atoms with Gasteiger partial charge in [0.1, 0.15) is 24.1 Å². The van der Waals surface area contributed by atoms with Crippen molar-refractivity contribution in [3.05, 3.63) is 78.4 Å². The largest absolute Gasteiger partial charge is 0.497 e. The Kier molecular flexibility index (Phi) is 12.3. The summed E-state index contributed by atoms with van der Waals surface area (Å²) in [5.41, 5.74) is 0.956. The molecule has 0 radical (unpaired) electrons. The third-order valence-corrected chi connectivity index (χ3v) is 9.53. The number of hydrogen-bond acceptors (Lipinski definition) is 7. The summed E-state index contributed by atoms with van der Waals surface area (Å²) in [6, 6.07) is 19.4. The van der Waals surface area contributed by atoms with E-state index in [1.54, 1.807) is 75.6 Å². The van der Waals surface area contributed by atoms with Crippen LogP contribution in [0.4, 0.5) is 5.69 Å². The number of carbonyl (C=O) groups is 2. The van der Waals surface area contributed by atoms with E-state index >= 15 is 0 Å². The van der Waals surface area contributed by atoms with Crippen LogP contribution in [0.1, 0.15) is 39.7 Å². The van der Waals surface area contributed by atoms with Gasteiger partial charge < -0.3 is 19.7 Å². The fourth-order valence-corrected chi connectivity index (χ4v) is 6.18. The van der Waals surface area contributed by atoms with E-state index in [1.807, 2.05) is 26.2 Å². The Bertz CT molecular complexity index is 1480. The molecule has 3 rings (SSSR count). The van der Waals surface area contributed by atoms with E-state index in [0.29, 0.717) is 18.1 Å². The van der Waals surface area contributed by atoms with E-state index in [2.05, 4.69) is 5.32 Å². The molecule has 0 saturated heterocycles. The molecule has 1 N–H and O–H groups in total. The molecule has 0 fully saturated rings. The summed E-state index contributed by atoms with van der Waals surface area (Å²) in [7, 11) is -2.67. The fraction of sp³-hybridized carbons (Fsp3) is 0.375. The van der Waals surface area contributed by atoms with Crippen LogP contribution in [0.2, 0.25) is 0 Å². The van der Waals surface area contributed by atoms with Crippen molar-refractivity contribution < 1.29 is 27.5 Å². The van der Waals surface area contributed by atoms with Gasteiger partial charge in [-0.15, -0.1) is 11.8 Å². The SMILES string of the molecule is CCOc1ccccc1N(CC(=O)N(Cc1cccc(OC)c1)[C@H](C)C(=O)N[C@@H](C)CC)S(=O)(=O)c1ccc(SC)cc1. The number of carbonyl (C=O) groups excluding carboxylic acids is 2. The van der Waals surface area contributed by atoms with Crippen LogP contribution in [-0.2, 0) is 26.2 Å². The van der Waals surface area contributed by atoms with Gasteiger partial charge in [-0.1, -0.05) is 31.2 Å². The number of para-hydroxylation sites is 2. The van der Waals surface area contributed by atoms with Gasteiger partial charge in [-0.3, -0.25) is 13.9 Å². The van der Waals surface area contributed by atoms with Gasteiger partial charge in [0.05, 0.1) is 24.3 Å². The maximum Gasteiger partial charge on any atom is 0.264 e. The van der Waals surface area contributed by atoms with E-state index in [1.165, 1.54) is 28.8 Å². The Morgan fingerprint density at radius 2 is 1.67 bits per heavy atom. The molecule has 0 bridgehead atoms. The van der Waals surface area contributed by atoms with Crippen molar-refractivity contribution in [2.45, 2.75) is 62.5 Å². The molecule has 2 amide bonds. The third kappa shape index (κ3) is 8.67. The first-order valence-corrected chi connectivity index (χ1v) is 16.8. The highest BCUT2D eigenvalue weighted by molar-refractivity contribution is 7.98. The number of methoxy groups -OCH3 is 1. The van der Waals surface area contributed by atoms with Crippen molar-refractivity contribution in [1.82, 2.24) is 10.2 Å². The topological polar surface area (TPSA) is 105 Å². The lowest BCUT2D eigenvalue weighted by atomic mass is 10.1. The van der Waals surface area contributed by atoms with Gasteiger partial charge in [-0.2, -0.15) is 0 Å². The zero-order valence-corrected chi connectivity index (χ0v) is 27.2. The lowest BCUT2D eigenvalue weighted by Gasteiger charge is -2.33. The van der Waals surface area contributed by atoms with Crippen molar-refractivity contribution in [2.75, 3.05) is 30.8 Å². The Morgan fingerprint density at radius 1 is 0.977 bits per heavy atom. The van der Waals surface area contributed by atoms with Crippen LogP contribution in [-0.4, -0.2) is 63.7 Å². The first kappa shape index (κ1) is 33.8. The molecular weight excluding hydrogens is 587 g/mol. The minimum absolute atomic E-state index is 0.0336. The van der Waals surface area contributed by atoms with Crippen molar-refractivity contribution in [2.24, 2.45) is 0 Å². The summed E-state index contributed by atoms with van der Waals surface area (Å²) in [5, 5.41) is 2.94. The second kappa shape index (κ2) is 15.7. The van der Waals surface area contributed by atoms with Gasteiger partial charge in [-0.05, 0) is 87.5 Å². The Morgan fingerprint density at radius 3 is 2.30 bits per heavy atom. The average molecular weight is 628 g/mol. The van der Waals surface area contributed by atoms with Gasteiger partial charge in [0.2, 0.25) is 11.8 Å². The van der Waals surface area contributed by atoms with Gasteiger partial charge >= 0.3 is 0 Å². The average Bonchev–Trinajstić information content (AvgIpc) is 3.02. The van der Waals surface area contributed by atoms with Crippen molar-refractivity contribution in [3.8, 4) is 11.5 Å². The molecule has 0 unspecified atom stereocenters. The van der Waals surface area contributed by atoms with Crippen molar-refractivity contribution in [1.29, 1.82) is 0 Å². The molecule has 0 aliphatic carbocycles. The Balaban J connectivity index is 2.09. The summed E-state index contributed by atoms with van der Waals surface area (Å²) in [4.78, 5) is 29.8. The van der Waals surface area contributed by atoms with Crippen LogP contribution in [0.3, 0.4) is 0 Å². The second-order valence-electron chi connectivity index (χ2n) is 9.95. The number of nitrogens with one attached hydrogen (secondary N) is 1. The number of thioether (sulfide) groups is 1. The third-order valence-electron chi connectivity index (χ3n) is 7.02. The summed E-state index contributed by atoms with van der Waals surface area (Å²) < 4.78 is 40.5. The summed E-state index contributed by atoms with van der Waals surface area (Å²) in [5.74, 6) is 0.0433. The van der Waals surface area contributed by atoms with Crippen molar-refractivity contribution >= 4 is 39.3 Å². The lowest BCUT2D eigenvalue weighted by molar-refractivity contribution is -0.139. The van der Waals surface area contributed by atoms with Crippen LogP contribution in [0, 0.1) is 0 Å². The molecule has 43 heavy (non-hydrogen) atoms. The highest BCUT2D eigenvalue weighted by Crippen LogP contribution is 2.33. The Labute approximate surface area is 259 Å². The standard InChI is InChI=1S/C32H41N3O6S2/c1-7-23(3)33-32(37)24(4)34(21-25-12-11-13-26(20-25)40-5)31(36)22-35(29-14-9-10-15-30(29)41-8-2)43(38,39)28-18-16-27(42-6)17-19-28/h9-20,23-24H,7-8,21-22H2,1-6H3,(H,33,37)/t23-,24+/m0/s1. The van der Waals surface area contributed by atoms with Crippen LogP contribution in [0.15, 0.2) is 82.6 Å². The molecular formula is C32H41N3O6S2. The van der Waals surface area contributed by atoms with Crippen LogP contribution in [0.25, 0.3) is 0 Å². The molecule has 0 aliphatic rings. The smallest absolute Gasteiger partial charge is 0.264 e. The van der Waals surface area contributed by atoms with E-state index < -0.39 is 28.5 Å². The van der Waals surface area contributed by atoms with Gasteiger partial charge in [-0.25, -0.2) is 8.42 Å². The zero-order valence-electron chi connectivity index (χ0n) is 25.6. The van der Waals surface area contributed by atoms with Gasteiger partial charge in [0.15, 0.2) is 0 Å². The van der Waals surface area contributed by atoms with Crippen LogP contribution < -0.4 is 19.1 Å². The molecule has 0 aliphatic heterocycles. The first-order valence-electron chi connectivity index (χ1n) is 14.2. The number of amides is 2. The summed E-state index contributed by atoms with van der Waals surface area (Å²) in [6.07, 6.45) is 2.63. The number of rotatable bonds is 15. The number of nitrogens with zero attached hydrogens (tertiary/aromatic N) is 2. The lowest BCUT2D eigenvalue weighted by Crippen LogP contribution is -2.52. The zero-order chi connectivity index (χ0) is 31.6. The molecule has 0 spiro atoms. The number of ether oxygens (including phenoxy) is 2. The summed E-state index contributed by atoms with van der Waals surface area (Å²) in [6.45, 7) is 7.10. The molecule has 232 valence electrons. The predicted octanol–water partition coefficient (Wildman–Crippen LogP) is 5.34. The van der Waals surface area contributed by atoms with E-state index in [0.717, 1.165) is 21.2 Å². The number of hydrogen-bond donors (Lipinski definition) is 1. The molecule has 0 saturated carbocycles. The molecule has 0 aromatic heterocycles. The maximum atomic E-state index is 14.2. The monoisotopic (exact) mass is 627 g/mol. The highest BCUT2D eigenvalue weighted by Gasteiger charge is 2.34. The van der Waals surface area contributed by atoms with Crippen LogP contribution in [0.5, 0.6) is 11.5 Å². The second-order valence-corrected chi connectivity index (χ2v) is 12.7. The highest BCUT2D eigenvalue weighted by atomic mass is 32.2. The predicted molar refractivity (Wildman–Crippen MR) is 171 cm³/mol. The minimum Gasteiger partial charge on any atom is -0.497 e. The number of anilines is 1. The quantitative estimate of drug-likeness (QED) is 0.227. The maximum absolute atomic E-state index is 14.2. The molecule has 11 heteroatoms. The van der Waals surface area contributed by atoms with Crippen LogP contribution >= 0.6 is 11.8 Å². The fourth-order valence-electron chi connectivity index (χ4n) is 4.34. The normalized spacial score (nSPS) is 12.6. The Hall–Kier alpha value is -3.70. The molecule has 3 aromatic carbocycles. The van der Waals surface area contributed by atoms with Crippen molar-refractivity contribution in [3.63, 3.8) is 0 Å².